The summed E-state index contributed by atoms with van der Waals surface area (Å²) in [4.78, 5) is 12.0. The summed E-state index contributed by atoms with van der Waals surface area (Å²) in [6.07, 6.45) is 3.04. The lowest BCUT2D eigenvalue weighted by Gasteiger charge is -2.20. The first kappa shape index (κ1) is 14.2. The molecule has 2 rings (SSSR count). The molecule has 2 nitrogen and oxygen atoms in total. The quantitative estimate of drug-likeness (QED) is 0.807. The fraction of sp³-hybridized carbons (Fsp3) is 0.500. The Morgan fingerprint density at radius 2 is 2.17 bits per heavy atom. The first-order valence-corrected chi connectivity index (χ1v) is 8.52. The normalized spacial score (nSPS) is 16.6. The fourth-order valence-electron chi connectivity index (χ4n) is 2.14. The van der Waals surface area contributed by atoms with Gasteiger partial charge < -0.3 is 5.32 Å². The number of amides is 1. The molecule has 1 aliphatic heterocycles. The van der Waals surface area contributed by atoms with Gasteiger partial charge >= 0.3 is 0 Å². The van der Waals surface area contributed by atoms with E-state index in [2.05, 4.69) is 40.0 Å². The Balaban J connectivity index is 1.92. The second-order valence-electron chi connectivity index (χ2n) is 4.77. The number of hydrogen-bond donors (Lipinski definition) is 1. The first-order valence-electron chi connectivity index (χ1n) is 6.29. The summed E-state index contributed by atoms with van der Waals surface area (Å²) >= 11 is 4.27. The molecule has 0 saturated carbocycles. The number of rotatable bonds is 3. The number of carbonyl (C=O) groups excluding carboxylic acids is 1. The molecule has 0 radical (unpaired) electrons. The minimum absolute atomic E-state index is 0.164. The number of anilines is 1. The average Bonchev–Trinajstić information content (AvgIpc) is 2.35. The number of thioether (sulfide) groups is 1. The molecule has 98 valence electrons. The molecular formula is C14H18INOS. The highest BCUT2D eigenvalue weighted by atomic mass is 127. The van der Waals surface area contributed by atoms with Gasteiger partial charge in [0.2, 0.25) is 5.91 Å². The molecule has 1 aromatic rings. The van der Waals surface area contributed by atoms with Gasteiger partial charge in [0.25, 0.3) is 0 Å². The van der Waals surface area contributed by atoms with E-state index in [0.29, 0.717) is 12.3 Å². The van der Waals surface area contributed by atoms with Crippen LogP contribution < -0.4 is 5.32 Å². The van der Waals surface area contributed by atoms with Crippen LogP contribution in [0.1, 0.15) is 24.8 Å². The van der Waals surface area contributed by atoms with Crippen LogP contribution in [-0.4, -0.2) is 17.4 Å². The minimum atomic E-state index is 0.164. The molecule has 0 atom stereocenters. The third-order valence-electron chi connectivity index (χ3n) is 3.29. The van der Waals surface area contributed by atoms with Gasteiger partial charge in [-0.2, -0.15) is 11.8 Å². The highest BCUT2D eigenvalue weighted by Gasteiger charge is 2.17. The van der Waals surface area contributed by atoms with Crippen molar-refractivity contribution in [3.05, 3.63) is 27.3 Å². The van der Waals surface area contributed by atoms with Gasteiger partial charge in [-0.05, 0) is 77.5 Å². The summed E-state index contributed by atoms with van der Waals surface area (Å²) in [5.41, 5.74) is 2.08. The van der Waals surface area contributed by atoms with Crippen LogP contribution in [0.25, 0.3) is 0 Å². The van der Waals surface area contributed by atoms with Crippen LogP contribution in [0.2, 0.25) is 0 Å². The molecule has 1 fully saturated rings. The molecule has 1 N–H and O–H groups in total. The number of hydrogen-bond acceptors (Lipinski definition) is 2. The van der Waals surface area contributed by atoms with Crippen LogP contribution >= 0.6 is 34.4 Å². The molecule has 1 aromatic carbocycles. The highest BCUT2D eigenvalue weighted by Crippen LogP contribution is 2.26. The molecule has 4 heteroatoms. The topological polar surface area (TPSA) is 29.1 Å². The van der Waals surface area contributed by atoms with E-state index in [1.807, 2.05) is 24.8 Å². The van der Waals surface area contributed by atoms with Crippen molar-refractivity contribution in [2.75, 3.05) is 16.8 Å². The van der Waals surface area contributed by atoms with Crippen LogP contribution in [0.5, 0.6) is 0 Å². The van der Waals surface area contributed by atoms with Gasteiger partial charge in [-0.3, -0.25) is 4.79 Å². The number of carbonyl (C=O) groups is 1. The van der Waals surface area contributed by atoms with E-state index in [-0.39, 0.29) is 5.91 Å². The van der Waals surface area contributed by atoms with Crippen LogP contribution in [-0.2, 0) is 4.79 Å². The average molecular weight is 375 g/mol. The van der Waals surface area contributed by atoms with Crippen molar-refractivity contribution in [1.82, 2.24) is 0 Å². The third kappa shape index (κ3) is 4.16. The zero-order chi connectivity index (χ0) is 13.0. The fourth-order valence-corrected chi connectivity index (χ4v) is 3.84. The molecule has 0 bridgehead atoms. The maximum Gasteiger partial charge on any atom is 0.224 e. The second-order valence-corrected chi connectivity index (χ2v) is 7.24. The Kier molecular flexibility index (Phi) is 5.36. The van der Waals surface area contributed by atoms with Crippen molar-refractivity contribution in [3.8, 4) is 0 Å². The predicted molar refractivity (Wildman–Crippen MR) is 87.2 cm³/mol. The first-order chi connectivity index (χ1) is 8.65. The van der Waals surface area contributed by atoms with Gasteiger partial charge in [0, 0.05) is 15.7 Å². The van der Waals surface area contributed by atoms with Crippen molar-refractivity contribution in [2.45, 2.75) is 26.2 Å². The van der Waals surface area contributed by atoms with Crippen LogP contribution in [0.4, 0.5) is 5.69 Å². The number of nitrogens with one attached hydrogen (secondary N) is 1. The van der Waals surface area contributed by atoms with E-state index >= 15 is 0 Å². The summed E-state index contributed by atoms with van der Waals surface area (Å²) in [5, 5.41) is 3.05. The molecule has 0 aliphatic carbocycles. The Hall–Kier alpha value is -0.230. The van der Waals surface area contributed by atoms with E-state index < -0.39 is 0 Å². The Labute approximate surface area is 126 Å². The zero-order valence-electron chi connectivity index (χ0n) is 10.5. The standard InChI is InChI=1S/C14H18INOS/c1-10-2-3-12(15)9-13(10)16-14(17)8-11-4-6-18-7-5-11/h2-3,9,11H,4-8H2,1H3,(H,16,17). The van der Waals surface area contributed by atoms with Crippen molar-refractivity contribution in [1.29, 1.82) is 0 Å². The van der Waals surface area contributed by atoms with E-state index in [9.17, 15) is 4.79 Å². The number of benzene rings is 1. The largest absolute Gasteiger partial charge is 0.326 e. The molecule has 0 aromatic heterocycles. The molecule has 0 unspecified atom stereocenters. The maximum atomic E-state index is 12.0. The van der Waals surface area contributed by atoms with E-state index in [0.717, 1.165) is 14.8 Å². The van der Waals surface area contributed by atoms with Crippen LogP contribution in [0.15, 0.2) is 18.2 Å². The van der Waals surface area contributed by atoms with Crippen molar-refractivity contribution < 1.29 is 4.79 Å². The lowest BCUT2D eigenvalue weighted by molar-refractivity contribution is -0.117. The lowest BCUT2D eigenvalue weighted by atomic mass is 9.98. The molecule has 1 heterocycles. The SMILES string of the molecule is Cc1ccc(I)cc1NC(=O)CC1CCSCC1. The highest BCUT2D eigenvalue weighted by molar-refractivity contribution is 14.1. The summed E-state index contributed by atoms with van der Waals surface area (Å²) < 4.78 is 1.16. The van der Waals surface area contributed by atoms with Crippen molar-refractivity contribution in [2.24, 2.45) is 5.92 Å². The van der Waals surface area contributed by atoms with Crippen molar-refractivity contribution >= 4 is 45.9 Å². The molecular weight excluding hydrogens is 357 g/mol. The number of aryl methyl sites for hydroxylation is 1. The summed E-state index contributed by atoms with van der Waals surface area (Å²) in [5.74, 6) is 3.16. The van der Waals surface area contributed by atoms with Gasteiger partial charge in [-0.1, -0.05) is 6.07 Å². The molecule has 18 heavy (non-hydrogen) atoms. The number of halogens is 1. The second kappa shape index (κ2) is 6.80. The summed E-state index contributed by atoms with van der Waals surface area (Å²) in [6, 6.07) is 6.14. The summed E-state index contributed by atoms with van der Waals surface area (Å²) in [7, 11) is 0. The minimum Gasteiger partial charge on any atom is -0.326 e. The van der Waals surface area contributed by atoms with Gasteiger partial charge in [-0.25, -0.2) is 0 Å². The van der Waals surface area contributed by atoms with E-state index in [1.54, 1.807) is 0 Å². The smallest absolute Gasteiger partial charge is 0.224 e. The Morgan fingerprint density at radius 3 is 2.89 bits per heavy atom. The molecule has 1 aliphatic rings. The third-order valence-corrected chi connectivity index (χ3v) is 5.01. The van der Waals surface area contributed by atoms with Gasteiger partial charge in [-0.15, -0.1) is 0 Å². The van der Waals surface area contributed by atoms with Crippen molar-refractivity contribution in [3.63, 3.8) is 0 Å². The Morgan fingerprint density at radius 1 is 1.44 bits per heavy atom. The predicted octanol–water partition coefficient (Wildman–Crippen LogP) is 4.07. The lowest BCUT2D eigenvalue weighted by Crippen LogP contribution is -2.20. The maximum absolute atomic E-state index is 12.0. The van der Waals surface area contributed by atoms with Gasteiger partial charge in [0.05, 0.1) is 0 Å². The summed E-state index contributed by atoms with van der Waals surface area (Å²) in [6.45, 7) is 2.03. The molecule has 1 amide bonds. The van der Waals surface area contributed by atoms with Gasteiger partial charge in [0.1, 0.15) is 0 Å². The van der Waals surface area contributed by atoms with Gasteiger partial charge in [0.15, 0.2) is 0 Å². The molecule has 0 spiro atoms. The van der Waals surface area contributed by atoms with Crippen LogP contribution in [0, 0.1) is 16.4 Å². The molecule has 1 saturated heterocycles. The zero-order valence-corrected chi connectivity index (χ0v) is 13.5. The monoisotopic (exact) mass is 375 g/mol. The van der Waals surface area contributed by atoms with Crippen LogP contribution in [0.3, 0.4) is 0 Å². The Bertz CT molecular complexity index is 430. The van der Waals surface area contributed by atoms with E-state index in [1.165, 1.54) is 24.3 Å². The van der Waals surface area contributed by atoms with E-state index in [4.69, 9.17) is 0 Å².